The van der Waals surface area contributed by atoms with Gasteiger partial charge in [0.1, 0.15) is 6.61 Å². The Morgan fingerprint density at radius 2 is 1.64 bits per heavy atom. The molecule has 1 N–H and O–H groups in total. The predicted molar refractivity (Wildman–Crippen MR) is 103 cm³/mol. The molecule has 5 nitrogen and oxygen atoms in total. The van der Waals surface area contributed by atoms with Gasteiger partial charge in [0.25, 0.3) is 0 Å². The van der Waals surface area contributed by atoms with Crippen LogP contribution in [0.4, 0.5) is 0 Å². The third kappa shape index (κ3) is 14.2. The summed E-state index contributed by atoms with van der Waals surface area (Å²) in [6.45, 7) is 19.7. The maximum Gasteiger partial charge on any atom is 0.246 e. The number of carbonyl (C=O) groups excluding carboxylic acids is 1. The van der Waals surface area contributed by atoms with Crippen molar-refractivity contribution in [2.75, 3.05) is 19.8 Å². The summed E-state index contributed by atoms with van der Waals surface area (Å²) in [5, 5.41) is 2.87. The fourth-order valence-corrected chi connectivity index (χ4v) is 2.35. The van der Waals surface area contributed by atoms with Gasteiger partial charge in [-0.3, -0.25) is 4.79 Å². The van der Waals surface area contributed by atoms with Crippen molar-refractivity contribution in [3.63, 3.8) is 0 Å². The van der Waals surface area contributed by atoms with E-state index in [0.717, 1.165) is 19.3 Å². The summed E-state index contributed by atoms with van der Waals surface area (Å²) < 4.78 is 17.5. The Hall–Kier alpha value is -0.650. The number of hydrogen-bond acceptors (Lipinski definition) is 4. The highest BCUT2D eigenvalue weighted by atomic mass is 16.5. The van der Waals surface area contributed by atoms with Crippen LogP contribution in [0.5, 0.6) is 0 Å². The lowest BCUT2D eigenvalue weighted by Crippen LogP contribution is -2.38. The Bertz CT molecular complexity index is 384. The van der Waals surface area contributed by atoms with Crippen molar-refractivity contribution in [2.24, 2.45) is 0 Å². The van der Waals surface area contributed by atoms with Gasteiger partial charge in [0.05, 0.1) is 22.9 Å². The van der Waals surface area contributed by atoms with E-state index in [2.05, 4.69) is 39.9 Å². The summed E-state index contributed by atoms with van der Waals surface area (Å²) in [5.41, 5.74) is -0.624. The van der Waals surface area contributed by atoms with E-state index in [1.54, 1.807) is 0 Å². The first kappa shape index (κ1) is 24.4. The number of amides is 1. The van der Waals surface area contributed by atoms with Crippen molar-refractivity contribution in [3.05, 3.63) is 0 Å². The number of rotatable bonds is 11. The molecule has 0 spiro atoms. The molecule has 2 atom stereocenters. The van der Waals surface area contributed by atoms with E-state index in [0.29, 0.717) is 13.2 Å². The molecule has 0 aromatic rings. The van der Waals surface area contributed by atoms with Gasteiger partial charge in [0.15, 0.2) is 0 Å². The third-order valence-corrected chi connectivity index (χ3v) is 3.84. The molecule has 0 saturated carbocycles. The van der Waals surface area contributed by atoms with Crippen LogP contribution in [0.3, 0.4) is 0 Å². The summed E-state index contributed by atoms with van der Waals surface area (Å²) >= 11 is 0. The molecule has 25 heavy (non-hydrogen) atoms. The van der Waals surface area contributed by atoms with Crippen LogP contribution in [0, 0.1) is 0 Å². The summed E-state index contributed by atoms with van der Waals surface area (Å²) in [7, 11) is 0. The first-order valence-corrected chi connectivity index (χ1v) is 9.49. The van der Waals surface area contributed by atoms with Gasteiger partial charge in [-0.15, -0.1) is 0 Å². The highest BCUT2D eigenvalue weighted by molar-refractivity contribution is 5.77. The fraction of sp³-hybridized carbons (Fsp3) is 0.950. The fourth-order valence-electron chi connectivity index (χ4n) is 2.35. The number of carbonyl (C=O) groups is 1. The molecule has 0 aromatic carbocycles. The summed E-state index contributed by atoms with van der Waals surface area (Å²) in [4.78, 5) is 11.7. The maximum atomic E-state index is 11.7. The van der Waals surface area contributed by atoms with Crippen LogP contribution < -0.4 is 5.32 Å². The molecule has 0 radical (unpaired) electrons. The minimum Gasteiger partial charge on any atom is -0.378 e. The molecule has 5 heteroatoms. The van der Waals surface area contributed by atoms with Gasteiger partial charge in [-0.2, -0.15) is 0 Å². The van der Waals surface area contributed by atoms with Crippen LogP contribution in [0.1, 0.15) is 81.6 Å². The Balaban J connectivity index is 3.96. The monoisotopic (exact) mass is 359 g/mol. The molecule has 0 fully saturated rings. The van der Waals surface area contributed by atoms with Gasteiger partial charge in [0, 0.05) is 13.2 Å². The lowest BCUT2D eigenvalue weighted by molar-refractivity contribution is -0.137. The van der Waals surface area contributed by atoms with Gasteiger partial charge in [-0.1, -0.05) is 6.92 Å². The Labute approximate surface area is 155 Å². The Morgan fingerprint density at radius 1 is 1.04 bits per heavy atom. The Kier molecular flexibility index (Phi) is 10.2. The second-order valence-electron chi connectivity index (χ2n) is 8.99. The van der Waals surface area contributed by atoms with Crippen LogP contribution in [0.2, 0.25) is 0 Å². The lowest BCUT2D eigenvalue weighted by atomic mass is 9.97. The van der Waals surface area contributed by atoms with Crippen LogP contribution in [-0.2, 0) is 19.0 Å². The van der Waals surface area contributed by atoms with Crippen molar-refractivity contribution in [1.82, 2.24) is 5.32 Å². The molecular weight excluding hydrogens is 318 g/mol. The molecule has 0 aromatic heterocycles. The molecule has 0 aliphatic carbocycles. The van der Waals surface area contributed by atoms with E-state index < -0.39 is 0 Å². The average molecular weight is 360 g/mol. The summed E-state index contributed by atoms with van der Waals surface area (Å²) in [6.07, 6.45) is 2.69. The lowest BCUT2D eigenvalue weighted by Gasteiger charge is -2.36. The molecule has 2 unspecified atom stereocenters. The average Bonchev–Trinajstić information content (AvgIpc) is 2.42. The molecule has 0 saturated heterocycles. The summed E-state index contributed by atoms with van der Waals surface area (Å²) in [6, 6.07) is 0. The molecule has 0 heterocycles. The van der Waals surface area contributed by atoms with Gasteiger partial charge < -0.3 is 19.5 Å². The van der Waals surface area contributed by atoms with Gasteiger partial charge >= 0.3 is 0 Å². The number of nitrogens with one attached hydrogen (secondary N) is 1. The second kappa shape index (κ2) is 10.5. The third-order valence-electron chi connectivity index (χ3n) is 3.84. The van der Waals surface area contributed by atoms with Crippen molar-refractivity contribution in [2.45, 2.75) is 104 Å². The van der Waals surface area contributed by atoms with E-state index in [1.165, 1.54) is 0 Å². The molecule has 0 aliphatic rings. The van der Waals surface area contributed by atoms with Crippen molar-refractivity contribution in [1.29, 1.82) is 0 Å². The van der Waals surface area contributed by atoms with Gasteiger partial charge in [0.2, 0.25) is 5.91 Å². The minimum atomic E-state index is -0.297. The number of ether oxygens (including phenoxy) is 3. The van der Waals surface area contributed by atoms with Crippen LogP contribution >= 0.6 is 0 Å². The molecule has 0 rings (SSSR count). The molecule has 0 bridgehead atoms. The highest BCUT2D eigenvalue weighted by Gasteiger charge is 2.28. The van der Waals surface area contributed by atoms with E-state index in [9.17, 15) is 4.79 Å². The smallest absolute Gasteiger partial charge is 0.246 e. The standard InChI is InChI=1S/C20H41NO4/c1-10-20(9,25-19(6,7)8)12-14-23-16(2)11-13-21-17(22)15-24-18(3,4)5/h16H,10-15H2,1-9H3,(H,21,22). The normalized spacial score (nSPS) is 16.4. The zero-order chi connectivity index (χ0) is 19.7. The minimum absolute atomic E-state index is 0.0840. The number of hydrogen-bond donors (Lipinski definition) is 1. The van der Waals surface area contributed by atoms with E-state index in [-0.39, 0.29) is 35.4 Å². The topological polar surface area (TPSA) is 56.8 Å². The quantitative estimate of drug-likeness (QED) is 0.604. The predicted octanol–water partition coefficient (Wildman–Crippen LogP) is 4.09. The van der Waals surface area contributed by atoms with Crippen molar-refractivity contribution < 1.29 is 19.0 Å². The van der Waals surface area contributed by atoms with Crippen LogP contribution in [0.15, 0.2) is 0 Å². The highest BCUT2D eigenvalue weighted by Crippen LogP contribution is 2.26. The van der Waals surface area contributed by atoms with Crippen LogP contribution in [-0.4, -0.2) is 48.6 Å². The van der Waals surface area contributed by atoms with Gasteiger partial charge in [-0.05, 0) is 74.7 Å². The SMILES string of the molecule is CCC(C)(CCOC(C)CCNC(=O)COC(C)(C)C)OC(C)(C)C. The molecule has 0 aliphatic heterocycles. The maximum absolute atomic E-state index is 11.7. The summed E-state index contributed by atoms with van der Waals surface area (Å²) in [5.74, 6) is -0.0840. The van der Waals surface area contributed by atoms with Gasteiger partial charge in [-0.25, -0.2) is 0 Å². The largest absolute Gasteiger partial charge is 0.378 e. The Morgan fingerprint density at radius 3 is 2.12 bits per heavy atom. The zero-order valence-corrected chi connectivity index (χ0v) is 18.0. The molecule has 150 valence electrons. The van der Waals surface area contributed by atoms with Crippen LogP contribution in [0.25, 0.3) is 0 Å². The van der Waals surface area contributed by atoms with Crippen molar-refractivity contribution in [3.8, 4) is 0 Å². The zero-order valence-electron chi connectivity index (χ0n) is 18.0. The molecular formula is C20H41NO4. The first-order chi connectivity index (χ1) is 11.3. The first-order valence-electron chi connectivity index (χ1n) is 9.49. The second-order valence-corrected chi connectivity index (χ2v) is 8.99. The van der Waals surface area contributed by atoms with E-state index >= 15 is 0 Å². The van der Waals surface area contributed by atoms with E-state index in [1.807, 2.05) is 27.7 Å². The van der Waals surface area contributed by atoms with Crippen molar-refractivity contribution >= 4 is 5.91 Å². The molecule has 1 amide bonds. The van der Waals surface area contributed by atoms with E-state index in [4.69, 9.17) is 14.2 Å².